The van der Waals surface area contributed by atoms with Gasteiger partial charge >= 0.3 is 0 Å². The fourth-order valence-electron chi connectivity index (χ4n) is 3.89. The van der Waals surface area contributed by atoms with Gasteiger partial charge < -0.3 is 18.8 Å². The molecule has 1 aromatic carbocycles. The highest BCUT2D eigenvalue weighted by atomic mass is 16.7. The van der Waals surface area contributed by atoms with Crippen LogP contribution in [0.5, 0.6) is 11.5 Å². The predicted octanol–water partition coefficient (Wildman–Crippen LogP) is 3.86. The number of piperidine rings is 1. The van der Waals surface area contributed by atoms with Gasteiger partial charge in [0.2, 0.25) is 12.7 Å². The third-order valence-corrected chi connectivity index (χ3v) is 5.52. The summed E-state index contributed by atoms with van der Waals surface area (Å²) in [5.41, 5.74) is 2.61. The first kappa shape index (κ1) is 17.7. The third-order valence-electron chi connectivity index (χ3n) is 5.52. The van der Waals surface area contributed by atoms with E-state index in [9.17, 15) is 4.79 Å². The van der Waals surface area contributed by atoms with E-state index in [-0.39, 0.29) is 18.6 Å². The van der Waals surface area contributed by atoms with Gasteiger partial charge in [0, 0.05) is 49.5 Å². The van der Waals surface area contributed by atoms with Crippen LogP contribution in [0.1, 0.15) is 31.6 Å². The summed E-state index contributed by atoms with van der Waals surface area (Å²) in [6.45, 7) is 3.30. The molecule has 0 unspecified atom stereocenters. The summed E-state index contributed by atoms with van der Waals surface area (Å²) >= 11 is 0. The van der Waals surface area contributed by atoms with Crippen LogP contribution in [0, 0.1) is 0 Å². The number of benzene rings is 1. The Hall–Kier alpha value is -3.35. The molecular formula is C22H21N3O4. The van der Waals surface area contributed by atoms with Gasteiger partial charge in [-0.1, -0.05) is 0 Å². The van der Waals surface area contributed by atoms with Crippen LogP contribution in [0.4, 0.5) is 0 Å². The van der Waals surface area contributed by atoms with Crippen molar-refractivity contribution in [3.8, 4) is 34.1 Å². The van der Waals surface area contributed by atoms with Gasteiger partial charge in [0.1, 0.15) is 5.69 Å². The first-order chi connectivity index (χ1) is 14.2. The standard InChI is InChI=1S/C22H21N3O4/c1-14(26)25-10-6-16(7-11-25)22-24-20(21(29-22)15-4-8-23-9-5-15)17-2-3-18-19(12-17)28-13-27-18/h2-5,8-9,12,16H,6-7,10-11,13H2,1H3. The average molecular weight is 391 g/mol. The maximum absolute atomic E-state index is 11.6. The van der Waals surface area contributed by atoms with Crippen LogP contribution in [-0.4, -0.2) is 40.7 Å². The van der Waals surface area contributed by atoms with E-state index >= 15 is 0 Å². The molecule has 4 heterocycles. The number of carbonyl (C=O) groups excluding carboxylic acids is 1. The third kappa shape index (κ3) is 3.33. The van der Waals surface area contributed by atoms with Gasteiger partial charge in [0.15, 0.2) is 23.1 Å². The van der Waals surface area contributed by atoms with E-state index in [1.807, 2.05) is 35.2 Å². The van der Waals surface area contributed by atoms with E-state index in [0.29, 0.717) is 11.6 Å². The summed E-state index contributed by atoms with van der Waals surface area (Å²) in [7, 11) is 0. The topological polar surface area (TPSA) is 77.7 Å². The number of aromatic nitrogens is 2. The van der Waals surface area contributed by atoms with Crippen LogP contribution < -0.4 is 9.47 Å². The quantitative estimate of drug-likeness (QED) is 0.675. The van der Waals surface area contributed by atoms with Crippen LogP contribution in [-0.2, 0) is 4.79 Å². The molecule has 0 bridgehead atoms. The number of nitrogens with zero attached hydrogens (tertiary/aromatic N) is 3. The van der Waals surface area contributed by atoms with E-state index in [4.69, 9.17) is 18.9 Å². The minimum Gasteiger partial charge on any atom is -0.454 e. The zero-order valence-electron chi connectivity index (χ0n) is 16.1. The number of ether oxygens (including phenoxy) is 2. The second-order valence-electron chi connectivity index (χ2n) is 7.31. The molecule has 2 aliphatic heterocycles. The fourth-order valence-corrected chi connectivity index (χ4v) is 3.89. The Bertz CT molecular complexity index is 1040. The van der Waals surface area contributed by atoms with Gasteiger partial charge in [-0.2, -0.15) is 0 Å². The molecule has 1 amide bonds. The minimum absolute atomic E-state index is 0.120. The Kier molecular flexibility index (Phi) is 4.42. The van der Waals surface area contributed by atoms with Crippen molar-refractivity contribution in [1.82, 2.24) is 14.9 Å². The highest BCUT2D eigenvalue weighted by Crippen LogP contribution is 2.41. The molecule has 29 heavy (non-hydrogen) atoms. The molecule has 1 saturated heterocycles. The number of amides is 1. The van der Waals surface area contributed by atoms with Crippen LogP contribution in [0.2, 0.25) is 0 Å². The van der Waals surface area contributed by atoms with Gasteiger partial charge in [-0.15, -0.1) is 0 Å². The number of hydrogen-bond donors (Lipinski definition) is 0. The van der Waals surface area contributed by atoms with Crippen molar-refractivity contribution in [2.45, 2.75) is 25.7 Å². The monoisotopic (exact) mass is 391 g/mol. The van der Waals surface area contributed by atoms with Crippen molar-refractivity contribution >= 4 is 5.91 Å². The fraction of sp³-hybridized carbons (Fsp3) is 0.318. The Labute approximate surface area is 168 Å². The number of rotatable bonds is 3. The lowest BCUT2D eigenvalue weighted by atomic mass is 9.97. The molecule has 2 aromatic heterocycles. The Morgan fingerprint density at radius 1 is 1.03 bits per heavy atom. The number of fused-ring (bicyclic) bond motifs is 1. The molecule has 0 saturated carbocycles. The average Bonchev–Trinajstić information content (AvgIpc) is 3.41. The zero-order valence-corrected chi connectivity index (χ0v) is 16.1. The predicted molar refractivity (Wildman–Crippen MR) is 106 cm³/mol. The van der Waals surface area contributed by atoms with Gasteiger partial charge in [-0.05, 0) is 43.2 Å². The summed E-state index contributed by atoms with van der Waals surface area (Å²) in [6.07, 6.45) is 5.17. The van der Waals surface area contributed by atoms with E-state index in [1.165, 1.54) is 0 Å². The highest BCUT2D eigenvalue weighted by molar-refractivity contribution is 5.78. The highest BCUT2D eigenvalue weighted by Gasteiger charge is 2.28. The lowest BCUT2D eigenvalue weighted by Gasteiger charge is -2.29. The minimum atomic E-state index is 0.120. The molecule has 0 spiro atoms. The van der Waals surface area contributed by atoms with Crippen molar-refractivity contribution in [2.75, 3.05) is 19.9 Å². The molecule has 0 N–H and O–H groups in total. The number of hydrogen-bond acceptors (Lipinski definition) is 6. The first-order valence-electron chi connectivity index (χ1n) is 9.75. The molecule has 0 atom stereocenters. The molecule has 3 aromatic rings. The van der Waals surface area contributed by atoms with Gasteiger partial charge in [-0.3, -0.25) is 9.78 Å². The number of oxazole rings is 1. The molecule has 7 heteroatoms. The Morgan fingerprint density at radius 3 is 2.55 bits per heavy atom. The molecule has 7 nitrogen and oxygen atoms in total. The second kappa shape index (κ2) is 7.24. The van der Waals surface area contributed by atoms with Gasteiger partial charge in [-0.25, -0.2) is 4.98 Å². The lowest BCUT2D eigenvalue weighted by Crippen LogP contribution is -2.36. The summed E-state index contributed by atoms with van der Waals surface area (Å²) in [5, 5.41) is 0. The van der Waals surface area contributed by atoms with Gasteiger partial charge in [0.25, 0.3) is 0 Å². The maximum atomic E-state index is 11.6. The normalized spacial score (nSPS) is 16.2. The molecule has 148 valence electrons. The number of pyridine rings is 1. The van der Waals surface area contributed by atoms with Crippen LogP contribution >= 0.6 is 0 Å². The molecular weight excluding hydrogens is 370 g/mol. The Morgan fingerprint density at radius 2 is 1.79 bits per heavy atom. The van der Waals surface area contributed by atoms with E-state index < -0.39 is 0 Å². The van der Waals surface area contributed by atoms with Crippen molar-refractivity contribution < 1.29 is 18.7 Å². The van der Waals surface area contributed by atoms with Crippen molar-refractivity contribution in [3.05, 3.63) is 48.6 Å². The number of carbonyl (C=O) groups is 1. The van der Waals surface area contributed by atoms with E-state index in [1.54, 1.807) is 19.3 Å². The van der Waals surface area contributed by atoms with Gasteiger partial charge in [0.05, 0.1) is 0 Å². The van der Waals surface area contributed by atoms with Crippen molar-refractivity contribution in [1.29, 1.82) is 0 Å². The number of likely N-dealkylation sites (tertiary alicyclic amines) is 1. The van der Waals surface area contributed by atoms with Crippen LogP contribution in [0.15, 0.2) is 47.1 Å². The lowest BCUT2D eigenvalue weighted by molar-refractivity contribution is -0.129. The smallest absolute Gasteiger partial charge is 0.231 e. The summed E-state index contributed by atoms with van der Waals surface area (Å²) in [4.78, 5) is 22.5. The van der Waals surface area contributed by atoms with Crippen molar-refractivity contribution in [2.24, 2.45) is 0 Å². The summed E-state index contributed by atoms with van der Waals surface area (Å²) in [5.74, 6) is 3.19. The van der Waals surface area contributed by atoms with E-state index in [2.05, 4.69) is 4.98 Å². The SMILES string of the molecule is CC(=O)N1CCC(c2nc(-c3ccc4c(c3)OCO4)c(-c3ccncc3)o2)CC1. The van der Waals surface area contributed by atoms with E-state index in [0.717, 1.165) is 54.3 Å². The van der Waals surface area contributed by atoms with Crippen LogP contribution in [0.3, 0.4) is 0 Å². The van der Waals surface area contributed by atoms with Crippen LogP contribution in [0.25, 0.3) is 22.6 Å². The largest absolute Gasteiger partial charge is 0.454 e. The molecule has 1 fully saturated rings. The zero-order chi connectivity index (χ0) is 19.8. The van der Waals surface area contributed by atoms with Crippen molar-refractivity contribution in [3.63, 3.8) is 0 Å². The maximum Gasteiger partial charge on any atom is 0.231 e. The molecule has 0 aliphatic carbocycles. The summed E-state index contributed by atoms with van der Waals surface area (Å²) < 4.78 is 17.3. The second-order valence-corrected chi connectivity index (χ2v) is 7.31. The molecule has 0 radical (unpaired) electrons. The molecule has 2 aliphatic rings. The molecule has 5 rings (SSSR count). The summed E-state index contributed by atoms with van der Waals surface area (Å²) in [6, 6.07) is 9.64. The Balaban J connectivity index is 1.53. The first-order valence-corrected chi connectivity index (χ1v) is 9.75.